The topological polar surface area (TPSA) is 46.9 Å². The smallest absolute Gasteiger partial charge is 0.120 e. The van der Waals surface area contributed by atoms with Crippen LogP contribution in [-0.4, -0.2) is 46.2 Å². The first-order chi connectivity index (χ1) is 11.5. The first kappa shape index (κ1) is 16.8. The van der Waals surface area contributed by atoms with Crippen molar-refractivity contribution in [3.05, 3.63) is 58.7 Å². The van der Waals surface area contributed by atoms with E-state index in [9.17, 15) is 10.2 Å². The van der Waals surface area contributed by atoms with Crippen LogP contribution in [0.25, 0.3) is 0 Å². The highest BCUT2D eigenvalue weighted by atomic mass is 16.3. The molecule has 0 amide bonds. The van der Waals surface area contributed by atoms with Crippen LogP contribution in [0.15, 0.2) is 36.4 Å². The van der Waals surface area contributed by atoms with Gasteiger partial charge in [0.25, 0.3) is 0 Å². The maximum absolute atomic E-state index is 10.0. The molecule has 0 saturated carbocycles. The summed E-state index contributed by atoms with van der Waals surface area (Å²) in [5.74, 6) is 0.764. The normalized spacial score (nSPS) is 16.4. The van der Waals surface area contributed by atoms with Gasteiger partial charge in [0, 0.05) is 50.4 Å². The van der Waals surface area contributed by atoms with Crippen LogP contribution < -0.4 is 0 Å². The molecule has 0 radical (unpaired) electrons. The first-order valence-electron chi connectivity index (χ1n) is 8.53. The number of phenols is 2. The number of piperazine rings is 1. The van der Waals surface area contributed by atoms with Gasteiger partial charge in [-0.25, -0.2) is 0 Å². The number of rotatable bonds is 4. The summed E-state index contributed by atoms with van der Waals surface area (Å²) < 4.78 is 0. The van der Waals surface area contributed by atoms with Crippen LogP contribution in [0.4, 0.5) is 0 Å². The summed E-state index contributed by atoms with van der Waals surface area (Å²) in [5.41, 5.74) is 4.35. The number of aryl methyl sites for hydroxylation is 2. The van der Waals surface area contributed by atoms with Crippen molar-refractivity contribution >= 4 is 0 Å². The van der Waals surface area contributed by atoms with Crippen LogP contribution in [0.2, 0.25) is 0 Å². The fourth-order valence-corrected chi connectivity index (χ4v) is 3.27. The van der Waals surface area contributed by atoms with E-state index in [-0.39, 0.29) is 0 Å². The highest BCUT2D eigenvalue weighted by Crippen LogP contribution is 2.23. The molecule has 2 aromatic carbocycles. The van der Waals surface area contributed by atoms with Crippen LogP contribution in [-0.2, 0) is 13.1 Å². The Hall–Kier alpha value is -2.04. The fourth-order valence-electron chi connectivity index (χ4n) is 3.27. The Morgan fingerprint density at radius 3 is 1.46 bits per heavy atom. The first-order valence-corrected chi connectivity index (χ1v) is 8.53. The van der Waals surface area contributed by atoms with Gasteiger partial charge in [0.15, 0.2) is 0 Å². The second-order valence-electron chi connectivity index (χ2n) is 6.82. The molecular formula is C20H26N2O2. The van der Waals surface area contributed by atoms with Crippen molar-refractivity contribution in [2.45, 2.75) is 26.9 Å². The minimum absolute atomic E-state index is 0.382. The van der Waals surface area contributed by atoms with Crippen LogP contribution in [0, 0.1) is 13.8 Å². The number of hydrogen-bond donors (Lipinski definition) is 2. The van der Waals surface area contributed by atoms with E-state index in [0.717, 1.165) is 50.4 Å². The van der Waals surface area contributed by atoms with E-state index in [4.69, 9.17) is 0 Å². The van der Waals surface area contributed by atoms with Gasteiger partial charge in [-0.1, -0.05) is 35.4 Å². The third-order valence-electron chi connectivity index (χ3n) is 4.72. The van der Waals surface area contributed by atoms with Gasteiger partial charge in [0.1, 0.15) is 11.5 Å². The Bertz CT molecular complexity index is 645. The number of nitrogens with zero attached hydrogens (tertiary/aromatic N) is 2. The van der Waals surface area contributed by atoms with Gasteiger partial charge in [-0.2, -0.15) is 0 Å². The summed E-state index contributed by atoms with van der Waals surface area (Å²) in [6.45, 7) is 9.57. The third kappa shape index (κ3) is 4.08. The quantitative estimate of drug-likeness (QED) is 0.907. The molecule has 2 N–H and O–H groups in total. The number of phenolic OH excluding ortho intramolecular Hbond substituents is 2. The molecule has 0 unspecified atom stereocenters. The third-order valence-corrected chi connectivity index (χ3v) is 4.72. The maximum Gasteiger partial charge on any atom is 0.120 e. The van der Waals surface area contributed by atoms with E-state index in [1.54, 1.807) is 12.1 Å². The molecule has 0 aromatic heterocycles. The largest absolute Gasteiger partial charge is 0.508 e. The zero-order chi connectivity index (χ0) is 17.1. The lowest BCUT2D eigenvalue weighted by atomic mass is 10.1. The van der Waals surface area contributed by atoms with Gasteiger partial charge in [-0.3, -0.25) is 9.80 Å². The van der Waals surface area contributed by atoms with Crippen molar-refractivity contribution in [1.82, 2.24) is 9.80 Å². The molecule has 1 aliphatic rings. The van der Waals surface area contributed by atoms with Gasteiger partial charge < -0.3 is 10.2 Å². The molecule has 128 valence electrons. The molecule has 0 bridgehead atoms. The summed E-state index contributed by atoms with van der Waals surface area (Å²) in [4.78, 5) is 4.75. The number of benzene rings is 2. The lowest BCUT2D eigenvalue weighted by Gasteiger charge is -2.35. The van der Waals surface area contributed by atoms with E-state index < -0.39 is 0 Å². The SMILES string of the molecule is Cc1ccc(O)c(CN2CCN(Cc3cc(C)ccc3O)CC2)c1. The summed E-state index contributed by atoms with van der Waals surface area (Å²) >= 11 is 0. The lowest BCUT2D eigenvalue weighted by molar-refractivity contribution is 0.120. The Morgan fingerprint density at radius 2 is 1.08 bits per heavy atom. The molecule has 1 fully saturated rings. The van der Waals surface area contributed by atoms with Crippen LogP contribution in [0.3, 0.4) is 0 Å². The van der Waals surface area contributed by atoms with Gasteiger partial charge in [0.05, 0.1) is 0 Å². The summed E-state index contributed by atoms with van der Waals surface area (Å²) in [5, 5.41) is 20.0. The Labute approximate surface area is 144 Å². The Balaban J connectivity index is 1.56. The number of hydrogen-bond acceptors (Lipinski definition) is 4. The van der Waals surface area contributed by atoms with E-state index in [2.05, 4.69) is 35.8 Å². The average molecular weight is 326 g/mol. The molecule has 2 aromatic rings. The Morgan fingerprint density at radius 1 is 0.708 bits per heavy atom. The molecule has 0 atom stereocenters. The minimum atomic E-state index is 0.382. The average Bonchev–Trinajstić information content (AvgIpc) is 2.56. The molecule has 1 aliphatic heterocycles. The molecule has 4 nitrogen and oxygen atoms in total. The summed E-state index contributed by atoms with van der Waals surface area (Å²) in [6, 6.07) is 11.6. The molecule has 0 aliphatic carbocycles. The van der Waals surface area contributed by atoms with Gasteiger partial charge in [-0.05, 0) is 26.0 Å². The van der Waals surface area contributed by atoms with E-state index in [1.807, 2.05) is 12.1 Å². The van der Waals surface area contributed by atoms with Crippen molar-refractivity contribution < 1.29 is 10.2 Å². The number of aromatic hydroxyl groups is 2. The van der Waals surface area contributed by atoms with E-state index in [1.165, 1.54) is 11.1 Å². The predicted molar refractivity (Wildman–Crippen MR) is 96.2 cm³/mol. The highest BCUT2D eigenvalue weighted by molar-refractivity contribution is 5.36. The second kappa shape index (κ2) is 7.24. The molecule has 4 heteroatoms. The second-order valence-corrected chi connectivity index (χ2v) is 6.82. The van der Waals surface area contributed by atoms with Crippen molar-refractivity contribution in [3.63, 3.8) is 0 Å². The highest BCUT2D eigenvalue weighted by Gasteiger charge is 2.19. The molecular weight excluding hydrogens is 300 g/mol. The fraction of sp³-hybridized carbons (Fsp3) is 0.400. The van der Waals surface area contributed by atoms with Gasteiger partial charge >= 0.3 is 0 Å². The van der Waals surface area contributed by atoms with Crippen LogP contribution >= 0.6 is 0 Å². The molecule has 1 heterocycles. The van der Waals surface area contributed by atoms with Gasteiger partial charge in [0.2, 0.25) is 0 Å². The standard InChI is InChI=1S/C20H26N2O2/c1-15-3-5-19(23)17(11-15)13-21-7-9-22(10-8-21)14-18-12-16(2)4-6-20(18)24/h3-6,11-12,23-24H,7-10,13-14H2,1-2H3. The van der Waals surface area contributed by atoms with Crippen molar-refractivity contribution in [1.29, 1.82) is 0 Å². The van der Waals surface area contributed by atoms with Crippen molar-refractivity contribution in [2.24, 2.45) is 0 Å². The zero-order valence-electron chi connectivity index (χ0n) is 14.5. The monoisotopic (exact) mass is 326 g/mol. The summed E-state index contributed by atoms with van der Waals surface area (Å²) in [7, 11) is 0. The van der Waals surface area contributed by atoms with Crippen LogP contribution in [0.5, 0.6) is 11.5 Å². The summed E-state index contributed by atoms with van der Waals surface area (Å²) in [6.07, 6.45) is 0. The maximum atomic E-state index is 10.0. The van der Waals surface area contributed by atoms with Crippen molar-refractivity contribution in [3.8, 4) is 11.5 Å². The minimum Gasteiger partial charge on any atom is -0.508 e. The van der Waals surface area contributed by atoms with Crippen LogP contribution in [0.1, 0.15) is 22.3 Å². The van der Waals surface area contributed by atoms with E-state index >= 15 is 0 Å². The predicted octanol–water partition coefficient (Wildman–Crippen LogP) is 3.03. The Kier molecular flexibility index (Phi) is 5.07. The molecule has 3 rings (SSSR count). The molecule has 24 heavy (non-hydrogen) atoms. The van der Waals surface area contributed by atoms with E-state index in [0.29, 0.717) is 11.5 Å². The van der Waals surface area contributed by atoms with Gasteiger partial charge in [-0.15, -0.1) is 0 Å². The molecule has 1 saturated heterocycles. The lowest BCUT2D eigenvalue weighted by Crippen LogP contribution is -2.45. The molecule has 0 spiro atoms. The zero-order valence-corrected chi connectivity index (χ0v) is 14.5. The van der Waals surface area contributed by atoms with Crippen molar-refractivity contribution in [2.75, 3.05) is 26.2 Å².